The molecule has 36 heavy (non-hydrogen) atoms. The number of ether oxygens (including phenoxy) is 1. The number of carbonyl (C=O) groups is 1. The maximum absolute atomic E-state index is 15.1. The van der Waals surface area contributed by atoms with Crippen molar-refractivity contribution >= 4 is 29.4 Å². The number of hydrogen-bond acceptors (Lipinski definition) is 5. The van der Waals surface area contributed by atoms with Crippen molar-refractivity contribution in [2.45, 2.75) is 104 Å². The van der Waals surface area contributed by atoms with Crippen molar-refractivity contribution < 1.29 is 23.2 Å². The number of carbonyl (C=O) groups excluding carboxylic acids is 1. The molecular formula is C27H38BFN2O5. The Morgan fingerprint density at radius 2 is 1.86 bits per heavy atom. The van der Waals surface area contributed by atoms with Gasteiger partial charge in [0.25, 0.3) is 5.56 Å². The van der Waals surface area contributed by atoms with Crippen LogP contribution in [-0.4, -0.2) is 40.6 Å². The summed E-state index contributed by atoms with van der Waals surface area (Å²) in [6, 6.07) is 4.77. The average Bonchev–Trinajstić information content (AvgIpc) is 3.54. The maximum atomic E-state index is 15.1. The van der Waals surface area contributed by atoms with Gasteiger partial charge >= 0.3 is 13.2 Å². The van der Waals surface area contributed by atoms with Gasteiger partial charge in [-0.3, -0.25) is 4.79 Å². The van der Waals surface area contributed by atoms with E-state index < -0.39 is 35.8 Å². The molecule has 1 atom stereocenters. The lowest BCUT2D eigenvalue weighted by molar-refractivity contribution is 0.00578. The van der Waals surface area contributed by atoms with Gasteiger partial charge in [-0.15, -0.1) is 0 Å². The van der Waals surface area contributed by atoms with Crippen molar-refractivity contribution in [2.75, 3.05) is 0 Å². The first kappa shape index (κ1) is 26.7. The molecule has 4 rings (SSSR count). The first-order chi connectivity index (χ1) is 16.7. The zero-order chi connectivity index (χ0) is 26.5. The highest BCUT2D eigenvalue weighted by atomic mass is 19.1. The molecule has 196 valence electrons. The standard InChI is InChI=1S/C27H38BFN2O5/c1-25(2,3)34-24(33)30-22(17-10-11-17)9-8-13-31-14-12-18-15-20(21(29)16-19(18)23(31)32)28-35-26(4,5)27(6,7)36-28/h12,14-17,22H,8-11,13H2,1-7H3,(H,30,33). The van der Waals surface area contributed by atoms with Crippen LogP contribution < -0.4 is 16.3 Å². The van der Waals surface area contributed by atoms with Crippen LogP contribution in [0.2, 0.25) is 0 Å². The molecule has 2 fully saturated rings. The van der Waals surface area contributed by atoms with Crippen LogP contribution >= 0.6 is 0 Å². The largest absolute Gasteiger partial charge is 0.497 e. The number of rotatable bonds is 7. The third-order valence-corrected chi connectivity index (χ3v) is 7.41. The average molecular weight is 500 g/mol. The summed E-state index contributed by atoms with van der Waals surface area (Å²) < 4.78 is 34.1. The second-order valence-corrected chi connectivity index (χ2v) is 12.1. The second kappa shape index (κ2) is 9.49. The molecule has 1 aromatic heterocycles. The molecule has 2 heterocycles. The Morgan fingerprint density at radius 1 is 1.22 bits per heavy atom. The smallest absolute Gasteiger partial charge is 0.444 e. The molecular weight excluding hydrogens is 462 g/mol. The molecule has 1 unspecified atom stereocenters. The van der Waals surface area contributed by atoms with E-state index in [1.807, 2.05) is 54.5 Å². The molecule has 1 aliphatic heterocycles. The van der Waals surface area contributed by atoms with E-state index in [1.165, 1.54) is 6.07 Å². The van der Waals surface area contributed by atoms with Crippen LogP contribution in [0.15, 0.2) is 29.2 Å². The summed E-state index contributed by atoms with van der Waals surface area (Å²) in [5.74, 6) is -0.0699. The first-order valence-corrected chi connectivity index (χ1v) is 12.8. The fraction of sp³-hybridized carbons (Fsp3) is 0.630. The SMILES string of the molecule is CC(C)(C)OC(=O)NC(CCCn1ccc2cc(B3OC(C)(C)C(C)(C)O3)c(F)cc2c1=O)C1CC1. The van der Waals surface area contributed by atoms with Gasteiger partial charge in [-0.2, -0.15) is 0 Å². The first-order valence-electron chi connectivity index (χ1n) is 12.8. The van der Waals surface area contributed by atoms with Crippen molar-refractivity contribution in [3.8, 4) is 0 Å². The van der Waals surface area contributed by atoms with Gasteiger partial charge in [0.1, 0.15) is 11.4 Å². The summed E-state index contributed by atoms with van der Waals surface area (Å²) >= 11 is 0. The van der Waals surface area contributed by atoms with Gasteiger partial charge in [0, 0.05) is 24.2 Å². The molecule has 9 heteroatoms. The Bertz CT molecular complexity index is 1180. The van der Waals surface area contributed by atoms with E-state index in [2.05, 4.69) is 5.32 Å². The number of amides is 1. The number of halogens is 1. The minimum Gasteiger partial charge on any atom is -0.444 e. The fourth-order valence-electron chi connectivity index (χ4n) is 4.51. The van der Waals surface area contributed by atoms with Crippen LogP contribution in [-0.2, 0) is 20.6 Å². The van der Waals surface area contributed by atoms with Crippen LogP contribution in [0, 0.1) is 11.7 Å². The summed E-state index contributed by atoms with van der Waals surface area (Å²) in [5.41, 5.74) is -1.67. The molecule has 1 saturated heterocycles. The van der Waals surface area contributed by atoms with E-state index in [-0.39, 0.29) is 11.6 Å². The van der Waals surface area contributed by atoms with Gasteiger partial charge in [-0.1, -0.05) is 6.07 Å². The van der Waals surface area contributed by atoms with Crippen molar-refractivity contribution in [3.63, 3.8) is 0 Å². The van der Waals surface area contributed by atoms with Gasteiger partial charge in [0.15, 0.2) is 0 Å². The highest BCUT2D eigenvalue weighted by Gasteiger charge is 2.52. The molecule has 2 aliphatic rings. The van der Waals surface area contributed by atoms with Gasteiger partial charge in [0.2, 0.25) is 0 Å². The fourth-order valence-corrected chi connectivity index (χ4v) is 4.51. The zero-order valence-corrected chi connectivity index (χ0v) is 22.4. The summed E-state index contributed by atoms with van der Waals surface area (Å²) in [6.45, 7) is 13.7. The minimum absolute atomic E-state index is 0.0240. The highest BCUT2D eigenvalue weighted by molar-refractivity contribution is 6.62. The third kappa shape index (κ3) is 5.78. The molecule has 1 amide bonds. The molecule has 0 radical (unpaired) electrons. The van der Waals surface area contributed by atoms with E-state index in [1.54, 1.807) is 16.8 Å². The predicted octanol–water partition coefficient (Wildman–Crippen LogP) is 4.52. The van der Waals surface area contributed by atoms with Gasteiger partial charge in [-0.25, -0.2) is 9.18 Å². The number of hydrogen-bond donors (Lipinski definition) is 1. The molecule has 2 aromatic rings. The summed E-state index contributed by atoms with van der Waals surface area (Å²) in [6.07, 6.45) is 4.95. The Labute approximate surface area is 212 Å². The lowest BCUT2D eigenvalue weighted by atomic mass is 9.78. The Morgan fingerprint density at radius 3 is 2.44 bits per heavy atom. The molecule has 1 aliphatic carbocycles. The summed E-state index contributed by atoms with van der Waals surface area (Å²) in [4.78, 5) is 25.3. The van der Waals surface area contributed by atoms with Crippen LogP contribution in [0.4, 0.5) is 9.18 Å². The summed E-state index contributed by atoms with van der Waals surface area (Å²) in [7, 11) is -0.835. The molecule has 1 aromatic carbocycles. The number of benzene rings is 1. The number of fused-ring (bicyclic) bond motifs is 1. The van der Waals surface area contributed by atoms with Gasteiger partial charge in [-0.05, 0) is 97.6 Å². The number of aryl methyl sites for hydroxylation is 1. The van der Waals surface area contributed by atoms with Crippen LogP contribution in [0.1, 0.15) is 74.1 Å². The Balaban J connectivity index is 1.45. The lowest BCUT2D eigenvalue weighted by Crippen LogP contribution is -2.41. The van der Waals surface area contributed by atoms with Crippen LogP contribution in [0.5, 0.6) is 0 Å². The normalized spacial score (nSPS) is 19.9. The lowest BCUT2D eigenvalue weighted by Gasteiger charge is -2.32. The molecule has 1 N–H and O–H groups in total. The molecule has 0 spiro atoms. The van der Waals surface area contributed by atoms with E-state index in [0.717, 1.165) is 19.3 Å². The number of nitrogens with one attached hydrogen (secondary N) is 1. The predicted molar refractivity (Wildman–Crippen MR) is 139 cm³/mol. The van der Waals surface area contributed by atoms with E-state index >= 15 is 4.39 Å². The van der Waals surface area contributed by atoms with Crippen molar-refractivity contribution in [1.29, 1.82) is 0 Å². The number of alkyl carbamates (subject to hydrolysis) is 1. The van der Waals surface area contributed by atoms with Crippen LogP contribution in [0.3, 0.4) is 0 Å². The van der Waals surface area contributed by atoms with E-state index in [4.69, 9.17) is 14.0 Å². The number of aromatic nitrogens is 1. The number of pyridine rings is 1. The Hall–Kier alpha value is -2.39. The molecule has 0 bridgehead atoms. The van der Waals surface area contributed by atoms with Gasteiger partial charge < -0.3 is 23.9 Å². The van der Waals surface area contributed by atoms with Gasteiger partial charge in [0.05, 0.1) is 16.6 Å². The van der Waals surface area contributed by atoms with E-state index in [9.17, 15) is 9.59 Å². The van der Waals surface area contributed by atoms with E-state index in [0.29, 0.717) is 35.1 Å². The minimum atomic E-state index is -0.835. The third-order valence-electron chi connectivity index (χ3n) is 7.41. The topological polar surface area (TPSA) is 78.8 Å². The van der Waals surface area contributed by atoms with Crippen molar-refractivity contribution in [2.24, 2.45) is 5.92 Å². The monoisotopic (exact) mass is 500 g/mol. The quantitative estimate of drug-likeness (QED) is 0.566. The second-order valence-electron chi connectivity index (χ2n) is 12.1. The number of nitrogens with zero attached hydrogens (tertiary/aromatic N) is 1. The molecule has 7 nitrogen and oxygen atoms in total. The Kier molecular flexibility index (Phi) is 7.03. The highest BCUT2D eigenvalue weighted by Crippen LogP contribution is 2.37. The maximum Gasteiger partial charge on any atom is 0.497 e. The van der Waals surface area contributed by atoms with Crippen LogP contribution in [0.25, 0.3) is 10.8 Å². The molecule has 1 saturated carbocycles. The summed E-state index contributed by atoms with van der Waals surface area (Å²) in [5, 5.41) is 3.96. The van der Waals surface area contributed by atoms with Crippen molar-refractivity contribution in [3.05, 3.63) is 40.6 Å². The zero-order valence-electron chi connectivity index (χ0n) is 22.4. The van der Waals surface area contributed by atoms with Crippen molar-refractivity contribution in [1.82, 2.24) is 9.88 Å².